The molecule has 2 rings (SSSR count). The zero-order chi connectivity index (χ0) is 14.9. The number of hydrogen-bond donors (Lipinski definition) is 1. The van der Waals surface area contributed by atoms with Crippen LogP contribution in [0.25, 0.3) is 0 Å². The lowest BCUT2D eigenvalue weighted by atomic mass is 10.00. The Bertz CT molecular complexity index is 470. The van der Waals surface area contributed by atoms with Crippen molar-refractivity contribution in [3.05, 3.63) is 17.0 Å². The van der Waals surface area contributed by atoms with Crippen molar-refractivity contribution in [2.45, 2.75) is 51.4 Å². The Morgan fingerprint density at radius 3 is 2.40 bits per heavy atom. The number of rotatable bonds is 2. The van der Waals surface area contributed by atoms with Crippen molar-refractivity contribution < 1.29 is 13.2 Å². The van der Waals surface area contributed by atoms with E-state index in [4.69, 9.17) is 11.6 Å². The molecule has 1 fully saturated rings. The molecule has 2 unspecified atom stereocenters. The maximum absolute atomic E-state index is 12.7. The van der Waals surface area contributed by atoms with Crippen LogP contribution >= 0.6 is 11.6 Å². The molecule has 20 heavy (non-hydrogen) atoms. The third-order valence-electron chi connectivity index (χ3n) is 3.43. The fraction of sp³-hybridized carbons (Fsp3) is 0.667. The van der Waals surface area contributed by atoms with Gasteiger partial charge >= 0.3 is 6.18 Å². The van der Waals surface area contributed by atoms with Crippen molar-refractivity contribution in [2.24, 2.45) is 0 Å². The molecule has 0 radical (unpaired) electrons. The molecule has 0 saturated carbocycles. The van der Waals surface area contributed by atoms with E-state index >= 15 is 0 Å². The lowest BCUT2D eigenvalue weighted by Crippen LogP contribution is -2.47. The average Bonchev–Trinajstić information content (AvgIpc) is 2.32. The monoisotopic (exact) mass is 308 g/mol. The molecule has 112 valence electrons. The summed E-state index contributed by atoms with van der Waals surface area (Å²) in [5.41, 5.74) is 1.89. The summed E-state index contributed by atoms with van der Waals surface area (Å²) in [6.45, 7) is 4.05. The lowest BCUT2D eigenvalue weighted by molar-refractivity contribution is -0.141. The Balaban J connectivity index is 2.22. The van der Waals surface area contributed by atoms with Crippen molar-refractivity contribution in [3.8, 4) is 0 Å². The van der Waals surface area contributed by atoms with Crippen molar-refractivity contribution in [2.75, 3.05) is 5.43 Å². The molecule has 1 N–H and O–H groups in total. The highest BCUT2D eigenvalue weighted by Gasteiger charge is 2.34. The van der Waals surface area contributed by atoms with Gasteiger partial charge in [0.05, 0.1) is 0 Å². The molecule has 0 aliphatic carbocycles. The third kappa shape index (κ3) is 3.52. The van der Waals surface area contributed by atoms with Gasteiger partial charge in [-0.1, -0.05) is 6.42 Å². The molecular formula is C12H16ClF3N4. The van der Waals surface area contributed by atoms with Gasteiger partial charge in [-0.15, -0.1) is 0 Å². The molecule has 1 aliphatic rings. The first-order valence-electron chi connectivity index (χ1n) is 6.44. The second kappa shape index (κ2) is 5.73. The first-order valence-corrected chi connectivity index (χ1v) is 6.82. The predicted molar refractivity (Wildman–Crippen MR) is 70.3 cm³/mol. The topological polar surface area (TPSA) is 41.0 Å². The highest BCUT2D eigenvalue weighted by atomic mass is 35.5. The van der Waals surface area contributed by atoms with Crippen LogP contribution in [-0.4, -0.2) is 27.1 Å². The maximum Gasteiger partial charge on any atom is 0.433 e. The van der Waals surface area contributed by atoms with Gasteiger partial charge in [0, 0.05) is 18.2 Å². The van der Waals surface area contributed by atoms with Crippen LogP contribution in [0.1, 0.15) is 38.8 Å². The predicted octanol–water partition coefficient (Wildman–Crippen LogP) is 3.74. The zero-order valence-electron chi connectivity index (χ0n) is 11.2. The maximum atomic E-state index is 12.7. The van der Waals surface area contributed by atoms with Gasteiger partial charge in [0.1, 0.15) is 5.82 Å². The van der Waals surface area contributed by atoms with E-state index in [0.29, 0.717) is 0 Å². The van der Waals surface area contributed by atoms with E-state index < -0.39 is 17.2 Å². The molecule has 0 amide bonds. The van der Waals surface area contributed by atoms with Crippen LogP contribution in [-0.2, 0) is 6.18 Å². The minimum atomic E-state index is -4.54. The number of anilines is 1. The highest BCUT2D eigenvalue weighted by Crippen LogP contribution is 2.30. The normalized spacial score (nSPS) is 24.7. The fourth-order valence-electron chi connectivity index (χ4n) is 2.39. The molecule has 4 nitrogen and oxygen atoms in total. The molecule has 0 bridgehead atoms. The quantitative estimate of drug-likeness (QED) is 0.845. The number of aromatic nitrogens is 2. The Hall–Kier alpha value is -1.08. The summed E-state index contributed by atoms with van der Waals surface area (Å²) in [5, 5.41) is 1.50. The number of hydrazine groups is 1. The summed E-state index contributed by atoms with van der Waals surface area (Å²) in [5.74, 6) is 0.0675. The van der Waals surface area contributed by atoms with Crippen LogP contribution in [0.2, 0.25) is 5.28 Å². The van der Waals surface area contributed by atoms with Gasteiger partial charge in [-0.25, -0.2) is 9.99 Å². The van der Waals surface area contributed by atoms with E-state index in [2.05, 4.69) is 15.4 Å². The summed E-state index contributed by atoms with van der Waals surface area (Å²) in [6.07, 6.45) is -1.45. The van der Waals surface area contributed by atoms with Crippen molar-refractivity contribution >= 4 is 17.4 Å². The number of nitrogens with zero attached hydrogens (tertiary/aromatic N) is 3. The Kier molecular flexibility index (Phi) is 4.39. The van der Waals surface area contributed by atoms with Crippen molar-refractivity contribution in [3.63, 3.8) is 0 Å². The zero-order valence-corrected chi connectivity index (χ0v) is 12.0. The molecule has 0 aromatic carbocycles. The Morgan fingerprint density at radius 1 is 1.25 bits per heavy atom. The van der Waals surface area contributed by atoms with Crippen LogP contribution in [0.3, 0.4) is 0 Å². The largest absolute Gasteiger partial charge is 0.433 e. The molecule has 1 aromatic heterocycles. The first-order chi connectivity index (χ1) is 9.27. The molecular weight excluding hydrogens is 293 g/mol. The van der Waals surface area contributed by atoms with Gasteiger partial charge in [-0.2, -0.15) is 18.2 Å². The van der Waals surface area contributed by atoms with E-state index in [0.717, 1.165) is 25.3 Å². The summed E-state index contributed by atoms with van der Waals surface area (Å²) in [6, 6.07) is 1.32. The molecule has 1 saturated heterocycles. The van der Waals surface area contributed by atoms with Gasteiger partial charge in [0.2, 0.25) is 5.28 Å². The van der Waals surface area contributed by atoms with E-state index in [1.807, 2.05) is 18.9 Å². The second-order valence-electron chi connectivity index (χ2n) is 5.05. The summed E-state index contributed by atoms with van der Waals surface area (Å²) in [4.78, 5) is 7.02. The molecule has 8 heteroatoms. The van der Waals surface area contributed by atoms with Gasteiger partial charge < -0.3 is 5.43 Å². The molecule has 2 heterocycles. The van der Waals surface area contributed by atoms with E-state index in [1.165, 1.54) is 0 Å². The smallest absolute Gasteiger partial charge is 0.302 e. The van der Waals surface area contributed by atoms with Crippen LogP contribution in [0.4, 0.5) is 19.0 Å². The lowest BCUT2D eigenvalue weighted by Gasteiger charge is -2.39. The van der Waals surface area contributed by atoms with E-state index in [9.17, 15) is 13.2 Å². The molecule has 1 aliphatic heterocycles. The van der Waals surface area contributed by atoms with E-state index in [-0.39, 0.29) is 17.9 Å². The van der Waals surface area contributed by atoms with Gasteiger partial charge in [0.15, 0.2) is 5.69 Å². The Labute approximate surface area is 120 Å². The van der Waals surface area contributed by atoms with Crippen LogP contribution < -0.4 is 5.43 Å². The number of nitrogens with one attached hydrogen (secondary N) is 1. The van der Waals surface area contributed by atoms with Crippen LogP contribution in [0.5, 0.6) is 0 Å². The number of hydrogen-bond acceptors (Lipinski definition) is 4. The van der Waals surface area contributed by atoms with Crippen molar-refractivity contribution in [1.29, 1.82) is 0 Å². The Morgan fingerprint density at radius 2 is 1.85 bits per heavy atom. The summed E-state index contributed by atoms with van der Waals surface area (Å²) in [7, 11) is 0. The van der Waals surface area contributed by atoms with Crippen molar-refractivity contribution in [1.82, 2.24) is 15.0 Å². The van der Waals surface area contributed by atoms with Gasteiger partial charge in [0.25, 0.3) is 0 Å². The fourth-order valence-corrected chi connectivity index (χ4v) is 2.58. The number of alkyl halides is 3. The molecule has 1 aromatic rings. The number of piperidine rings is 1. The summed E-state index contributed by atoms with van der Waals surface area (Å²) < 4.78 is 38.1. The van der Waals surface area contributed by atoms with Crippen LogP contribution in [0, 0.1) is 0 Å². The molecule has 0 spiro atoms. The SMILES string of the molecule is CC1CCCC(C)N1Nc1cc(C(F)(F)F)nc(Cl)n1. The minimum absolute atomic E-state index is 0.0675. The van der Waals surface area contributed by atoms with E-state index in [1.54, 1.807) is 0 Å². The standard InChI is InChI=1S/C12H16ClF3N4/c1-7-4-3-5-8(2)20(7)19-10-6-9(12(14,15)16)17-11(13)18-10/h6-8H,3-5H2,1-2H3,(H,17,18,19). The molecule has 2 atom stereocenters. The second-order valence-corrected chi connectivity index (χ2v) is 5.39. The number of halogens is 4. The highest BCUT2D eigenvalue weighted by molar-refractivity contribution is 6.28. The van der Waals surface area contributed by atoms with Gasteiger partial charge in [-0.3, -0.25) is 0 Å². The van der Waals surface area contributed by atoms with Crippen LogP contribution in [0.15, 0.2) is 6.07 Å². The first kappa shape index (κ1) is 15.3. The average molecular weight is 309 g/mol. The summed E-state index contributed by atoms with van der Waals surface area (Å²) >= 11 is 5.57. The minimum Gasteiger partial charge on any atom is -0.302 e. The third-order valence-corrected chi connectivity index (χ3v) is 3.60. The van der Waals surface area contributed by atoms with Gasteiger partial charge in [-0.05, 0) is 38.3 Å².